The number of aliphatic hydroxyl groups is 3. The number of aliphatic hydroxyl groups excluding tert-OH is 3. The molecule has 1 aliphatic heterocycles. The maximum atomic E-state index is 11.9. The molecule has 0 amide bonds. The van der Waals surface area contributed by atoms with Crippen molar-refractivity contribution in [3.63, 3.8) is 0 Å². The van der Waals surface area contributed by atoms with Crippen molar-refractivity contribution in [2.24, 2.45) is 0 Å². The van der Waals surface area contributed by atoms with Crippen LogP contribution in [-0.2, 0) is 28.9 Å². The maximum absolute atomic E-state index is 11.9. The van der Waals surface area contributed by atoms with Crippen molar-refractivity contribution in [3.8, 4) is 0 Å². The smallest absolute Gasteiger partial charge is 0.397 e. The van der Waals surface area contributed by atoms with Gasteiger partial charge >= 0.3 is 16.4 Å². The minimum absolute atomic E-state index is 0.167. The van der Waals surface area contributed by atoms with Crippen LogP contribution in [0.3, 0.4) is 0 Å². The molecule has 1 fully saturated rings. The number of ether oxygens (including phenoxy) is 2. The largest absolute Gasteiger partial charge is 0.463 e. The molecule has 0 aromatic heterocycles. The minimum Gasteiger partial charge on any atom is -0.463 e. The van der Waals surface area contributed by atoms with E-state index in [2.05, 4.69) is 11.1 Å². The Balaban J connectivity index is 2.31. The van der Waals surface area contributed by atoms with Crippen molar-refractivity contribution in [2.45, 2.75) is 102 Å². The molecule has 0 aromatic rings. The molecule has 172 valence electrons. The molecule has 0 radical (unpaired) electrons. The zero-order valence-electron chi connectivity index (χ0n) is 16.8. The van der Waals surface area contributed by atoms with Crippen molar-refractivity contribution in [1.82, 2.24) is 0 Å². The lowest BCUT2D eigenvalue weighted by Crippen LogP contribution is -2.60. The minimum atomic E-state index is -4.97. The van der Waals surface area contributed by atoms with Crippen molar-refractivity contribution in [3.05, 3.63) is 0 Å². The first-order valence-corrected chi connectivity index (χ1v) is 11.5. The maximum Gasteiger partial charge on any atom is 0.397 e. The Bertz CT molecular complexity index is 567. The van der Waals surface area contributed by atoms with Gasteiger partial charge in [0.15, 0.2) is 6.29 Å². The van der Waals surface area contributed by atoms with Gasteiger partial charge in [0.05, 0.1) is 0 Å². The van der Waals surface area contributed by atoms with E-state index in [0.717, 1.165) is 19.3 Å². The van der Waals surface area contributed by atoms with Gasteiger partial charge in [-0.15, -0.1) is 0 Å². The molecule has 0 saturated carbocycles. The van der Waals surface area contributed by atoms with Crippen LogP contribution in [0.5, 0.6) is 0 Å². The highest BCUT2D eigenvalue weighted by Crippen LogP contribution is 2.24. The number of carbonyl (C=O) groups is 1. The first-order valence-electron chi connectivity index (χ1n) is 10.2. The molecule has 1 rings (SSSR count). The average Bonchev–Trinajstić information content (AvgIpc) is 2.65. The van der Waals surface area contributed by atoms with E-state index in [9.17, 15) is 28.5 Å². The fourth-order valence-corrected chi connectivity index (χ4v) is 3.66. The van der Waals surface area contributed by atoms with Crippen LogP contribution in [0.15, 0.2) is 0 Å². The summed E-state index contributed by atoms with van der Waals surface area (Å²) in [6.07, 6.45) is 1.34. The SMILES string of the molecule is CCCCCCCCCCCC(=O)OC[C@H]1O[C@H](O)[C@H](O)[C@@H](O)[C@@H]1OS(=O)(=O)O. The molecule has 0 bridgehead atoms. The van der Waals surface area contributed by atoms with Crippen LogP contribution in [0.4, 0.5) is 0 Å². The van der Waals surface area contributed by atoms with Crippen molar-refractivity contribution in [1.29, 1.82) is 0 Å². The second kappa shape index (κ2) is 13.5. The lowest BCUT2D eigenvalue weighted by atomic mass is 9.99. The molecular weight excluding hydrogens is 408 g/mol. The third-order valence-electron chi connectivity index (χ3n) is 4.79. The predicted octanol–water partition coefficient (Wildman–Crippen LogP) is 1.08. The molecule has 1 saturated heterocycles. The summed E-state index contributed by atoms with van der Waals surface area (Å²) in [7, 11) is -4.97. The van der Waals surface area contributed by atoms with Crippen LogP contribution in [-0.4, -0.2) is 71.6 Å². The van der Waals surface area contributed by atoms with Gasteiger partial charge in [-0.05, 0) is 6.42 Å². The highest BCUT2D eigenvalue weighted by atomic mass is 32.3. The third kappa shape index (κ3) is 10.7. The van der Waals surface area contributed by atoms with Gasteiger partial charge in [0.1, 0.15) is 31.0 Å². The summed E-state index contributed by atoms with van der Waals surface area (Å²) in [5, 5.41) is 29.0. The summed E-state index contributed by atoms with van der Waals surface area (Å²) in [4.78, 5) is 11.9. The molecule has 11 heteroatoms. The molecule has 1 heterocycles. The standard InChI is InChI=1S/C18H34O10S/c1-2-3-4-5-6-7-8-9-10-11-14(19)26-12-13-17(28-29(23,24)25)15(20)16(21)18(22)27-13/h13,15-18,20-22H,2-12H2,1H3,(H,23,24,25)/t13-,15-,16-,17-,18+/m1/s1. The molecule has 29 heavy (non-hydrogen) atoms. The van der Waals surface area contributed by atoms with E-state index in [1.807, 2.05) is 0 Å². The number of carbonyl (C=O) groups excluding carboxylic acids is 1. The Labute approximate surface area is 172 Å². The zero-order valence-corrected chi connectivity index (χ0v) is 17.6. The molecule has 4 N–H and O–H groups in total. The van der Waals surface area contributed by atoms with Crippen LogP contribution in [0.1, 0.15) is 71.1 Å². The molecule has 10 nitrogen and oxygen atoms in total. The van der Waals surface area contributed by atoms with E-state index < -0.39 is 53.7 Å². The summed E-state index contributed by atoms with van der Waals surface area (Å²) in [5.41, 5.74) is 0. The van der Waals surface area contributed by atoms with Crippen molar-refractivity contribution in [2.75, 3.05) is 6.61 Å². The number of hydrogen-bond acceptors (Lipinski definition) is 9. The molecule has 0 aromatic carbocycles. The van der Waals surface area contributed by atoms with Gasteiger partial charge in [-0.25, -0.2) is 4.18 Å². The molecule has 0 spiro atoms. The van der Waals surface area contributed by atoms with E-state index in [4.69, 9.17) is 14.0 Å². The quantitative estimate of drug-likeness (QED) is 0.174. The summed E-state index contributed by atoms with van der Waals surface area (Å²) >= 11 is 0. The van der Waals surface area contributed by atoms with Gasteiger partial charge in [0.2, 0.25) is 0 Å². The Morgan fingerprint density at radius 2 is 1.48 bits per heavy atom. The molecule has 0 unspecified atom stereocenters. The number of unbranched alkanes of at least 4 members (excludes halogenated alkanes) is 8. The Morgan fingerprint density at radius 1 is 0.931 bits per heavy atom. The Kier molecular flexibility index (Phi) is 12.2. The second-order valence-corrected chi connectivity index (χ2v) is 8.34. The number of esters is 1. The fourth-order valence-electron chi connectivity index (χ4n) is 3.14. The van der Waals surface area contributed by atoms with E-state index in [1.165, 1.54) is 32.1 Å². The number of rotatable bonds is 14. The monoisotopic (exact) mass is 442 g/mol. The normalized spacial score (nSPS) is 27.7. The Morgan fingerprint density at radius 3 is 2.03 bits per heavy atom. The summed E-state index contributed by atoms with van der Waals surface area (Å²) < 4.78 is 44.9. The molecule has 0 aliphatic carbocycles. The van der Waals surface area contributed by atoms with Gasteiger partial charge in [0.25, 0.3) is 0 Å². The van der Waals surface area contributed by atoms with Gasteiger partial charge in [-0.1, -0.05) is 58.3 Å². The fraction of sp³-hybridized carbons (Fsp3) is 0.944. The summed E-state index contributed by atoms with van der Waals surface area (Å²) in [5.74, 6) is -0.544. The van der Waals surface area contributed by atoms with Crippen LogP contribution in [0.2, 0.25) is 0 Å². The van der Waals surface area contributed by atoms with E-state index in [-0.39, 0.29) is 6.42 Å². The van der Waals surface area contributed by atoms with E-state index >= 15 is 0 Å². The topological polar surface area (TPSA) is 160 Å². The lowest BCUT2D eigenvalue weighted by Gasteiger charge is -2.39. The molecular formula is C18H34O10S. The molecule has 5 atom stereocenters. The van der Waals surface area contributed by atoms with Crippen molar-refractivity contribution < 1.29 is 46.7 Å². The Hall–Kier alpha value is -0.820. The lowest BCUT2D eigenvalue weighted by molar-refractivity contribution is -0.283. The van der Waals surface area contributed by atoms with Gasteiger partial charge in [-0.3, -0.25) is 9.35 Å². The average molecular weight is 443 g/mol. The van der Waals surface area contributed by atoms with Crippen LogP contribution < -0.4 is 0 Å². The summed E-state index contributed by atoms with van der Waals surface area (Å²) in [6.45, 7) is 1.66. The van der Waals surface area contributed by atoms with Crippen molar-refractivity contribution >= 4 is 16.4 Å². The molecule has 1 aliphatic rings. The predicted molar refractivity (Wildman–Crippen MR) is 102 cm³/mol. The van der Waals surface area contributed by atoms with Gasteiger partial charge < -0.3 is 24.8 Å². The number of hydrogen-bond donors (Lipinski definition) is 4. The summed E-state index contributed by atoms with van der Waals surface area (Å²) in [6, 6.07) is 0. The van der Waals surface area contributed by atoms with E-state index in [0.29, 0.717) is 6.42 Å². The highest BCUT2D eigenvalue weighted by molar-refractivity contribution is 7.80. The van der Waals surface area contributed by atoms with E-state index in [1.54, 1.807) is 0 Å². The third-order valence-corrected chi connectivity index (χ3v) is 5.25. The van der Waals surface area contributed by atoms with Crippen LogP contribution in [0, 0.1) is 0 Å². The van der Waals surface area contributed by atoms with Gasteiger partial charge in [0, 0.05) is 6.42 Å². The highest BCUT2D eigenvalue weighted by Gasteiger charge is 2.47. The second-order valence-electron chi connectivity index (χ2n) is 7.30. The van der Waals surface area contributed by atoms with Crippen LogP contribution >= 0.6 is 0 Å². The zero-order chi connectivity index (χ0) is 21.9. The first-order chi connectivity index (χ1) is 13.7. The first kappa shape index (κ1) is 26.2. The van der Waals surface area contributed by atoms with Gasteiger partial charge in [-0.2, -0.15) is 8.42 Å². The van der Waals surface area contributed by atoms with Crippen LogP contribution in [0.25, 0.3) is 0 Å².